The first kappa shape index (κ1) is 38.3. The van der Waals surface area contributed by atoms with Crippen molar-refractivity contribution >= 4 is 29.3 Å². The highest BCUT2D eigenvalue weighted by atomic mass is 16.5. The van der Waals surface area contributed by atoms with Crippen LogP contribution in [0, 0.1) is 0 Å². The first-order chi connectivity index (χ1) is 26.8. The van der Waals surface area contributed by atoms with Crippen molar-refractivity contribution < 1.29 is 28.7 Å². The predicted molar refractivity (Wildman–Crippen MR) is 218 cm³/mol. The summed E-state index contributed by atoms with van der Waals surface area (Å²) in [5.41, 5.74) is 4.39. The van der Waals surface area contributed by atoms with Gasteiger partial charge in [0.2, 0.25) is 0 Å². The van der Waals surface area contributed by atoms with Crippen LogP contribution in [0.1, 0.15) is 138 Å². The molecule has 0 bridgehead atoms. The number of hydrogen-bond donors (Lipinski definition) is 0. The first-order valence-corrected chi connectivity index (χ1v) is 19.6. The fraction of sp³-hybridized carbons (Fsp3) is 0.292. The molecule has 2 heterocycles. The number of amides is 4. The number of anilines is 1. The maximum Gasteiger partial charge on any atom is 0.266 e. The van der Waals surface area contributed by atoms with Crippen molar-refractivity contribution in [2.24, 2.45) is 0 Å². The van der Waals surface area contributed by atoms with Gasteiger partial charge in [0.1, 0.15) is 23.0 Å². The van der Waals surface area contributed by atoms with E-state index in [1.54, 1.807) is 36.4 Å². The van der Waals surface area contributed by atoms with E-state index in [0.717, 1.165) is 29.5 Å². The summed E-state index contributed by atoms with van der Waals surface area (Å²) >= 11 is 0. The minimum Gasteiger partial charge on any atom is -0.457 e. The van der Waals surface area contributed by atoms with Gasteiger partial charge in [-0.15, -0.1) is 0 Å². The Hall–Kier alpha value is -6.02. The summed E-state index contributed by atoms with van der Waals surface area (Å²) in [4.78, 5) is 56.2. The number of benzene rings is 5. The van der Waals surface area contributed by atoms with Crippen LogP contribution in [0.25, 0.3) is 0 Å². The molecule has 0 aliphatic carbocycles. The van der Waals surface area contributed by atoms with Crippen LogP contribution in [0.5, 0.6) is 23.0 Å². The second-order valence-corrected chi connectivity index (χ2v) is 15.5. The molecular formula is C48H48N2O6. The quantitative estimate of drug-likeness (QED) is 0.111. The minimum atomic E-state index is -0.541. The van der Waals surface area contributed by atoms with E-state index < -0.39 is 5.54 Å². The van der Waals surface area contributed by atoms with Gasteiger partial charge in [-0.2, -0.15) is 0 Å². The molecule has 0 fully saturated rings. The zero-order valence-corrected chi connectivity index (χ0v) is 33.1. The van der Waals surface area contributed by atoms with E-state index in [9.17, 15) is 19.2 Å². The summed E-state index contributed by atoms with van der Waals surface area (Å²) in [6.07, 6.45) is 3.32. The molecule has 0 aromatic heterocycles. The van der Waals surface area contributed by atoms with Gasteiger partial charge < -0.3 is 9.47 Å². The number of ether oxygens (including phenoxy) is 2. The standard InChI is InChI=1S/C48H48N2O6/c1-8-30(9-2)31-13-12-14-34(27-31)49-43(51)39-25-23-37(28-41(39)44(49)52)55-35-19-15-32(16-20-35)47(5,6)33-17-21-36(22-18-33)56-38-24-26-40-42(29-38)46(54)50(45(40)53)48(7,10-3)11-4/h12-30H,8-11H2,1-7H3. The number of rotatable bonds is 13. The third kappa shape index (κ3) is 6.67. The molecule has 5 aromatic carbocycles. The van der Waals surface area contributed by atoms with Crippen LogP contribution in [-0.2, 0) is 5.41 Å². The SMILES string of the molecule is CCC(CC)c1cccc(N2C(=O)c3ccc(Oc4ccc(C(C)(C)c5ccc(Oc6ccc7c(c6)C(=O)N(C(C)(CC)CC)C7=O)cc5)cc4)cc3C2=O)c1. The van der Waals surface area contributed by atoms with Gasteiger partial charge in [-0.25, -0.2) is 4.90 Å². The van der Waals surface area contributed by atoms with Crippen LogP contribution in [0.3, 0.4) is 0 Å². The van der Waals surface area contributed by atoms with Gasteiger partial charge in [-0.05, 0) is 128 Å². The zero-order valence-electron chi connectivity index (χ0n) is 33.1. The molecule has 7 rings (SSSR count). The Labute approximate surface area is 329 Å². The van der Waals surface area contributed by atoms with E-state index in [0.29, 0.717) is 69.7 Å². The summed E-state index contributed by atoms with van der Waals surface area (Å²) in [6.45, 7) is 14.5. The van der Waals surface area contributed by atoms with Gasteiger partial charge in [0.15, 0.2) is 0 Å². The number of nitrogens with zero attached hydrogens (tertiary/aromatic N) is 2. The Kier molecular flexibility index (Phi) is 10.2. The number of carbonyl (C=O) groups excluding carboxylic acids is 4. The lowest BCUT2D eigenvalue weighted by molar-refractivity contribution is 0.0434. The average molecular weight is 749 g/mol. The van der Waals surface area contributed by atoms with Gasteiger partial charge in [0, 0.05) is 11.0 Å². The molecule has 8 nitrogen and oxygen atoms in total. The maximum absolute atomic E-state index is 13.6. The van der Waals surface area contributed by atoms with Crippen molar-refractivity contribution in [1.29, 1.82) is 0 Å². The number of fused-ring (bicyclic) bond motifs is 2. The lowest BCUT2D eigenvalue weighted by Crippen LogP contribution is -2.48. The molecule has 286 valence electrons. The molecule has 2 aliphatic rings. The fourth-order valence-electron chi connectivity index (χ4n) is 7.85. The number of imide groups is 2. The lowest BCUT2D eigenvalue weighted by atomic mass is 9.78. The zero-order chi connectivity index (χ0) is 39.9. The highest BCUT2D eigenvalue weighted by Gasteiger charge is 2.45. The van der Waals surface area contributed by atoms with E-state index >= 15 is 0 Å². The molecular weight excluding hydrogens is 701 g/mol. The molecule has 5 aromatic rings. The van der Waals surface area contributed by atoms with E-state index in [4.69, 9.17) is 9.47 Å². The fourth-order valence-corrected chi connectivity index (χ4v) is 7.85. The van der Waals surface area contributed by atoms with Crippen molar-refractivity contribution in [3.05, 3.63) is 148 Å². The second-order valence-electron chi connectivity index (χ2n) is 15.5. The van der Waals surface area contributed by atoms with Crippen molar-refractivity contribution in [2.75, 3.05) is 4.90 Å². The topological polar surface area (TPSA) is 93.2 Å². The molecule has 0 unspecified atom stereocenters. The third-order valence-electron chi connectivity index (χ3n) is 12.0. The van der Waals surface area contributed by atoms with Crippen LogP contribution >= 0.6 is 0 Å². The molecule has 56 heavy (non-hydrogen) atoms. The predicted octanol–water partition coefficient (Wildman–Crippen LogP) is 11.5. The maximum atomic E-state index is 13.6. The van der Waals surface area contributed by atoms with Crippen molar-refractivity contribution in [3.63, 3.8) is 0 Å². The first-order valence-electron chi connectivity index (χ1n) is 19.6. The molecule has 2 aliphatic heterocycles. The van der Waals surface area contributed by atoms with Crippen LogP contribution in [-0.4, -0.2) is 34.1 Å². The Morgan fingerprint density at radius 3 is 1.46 bits per heavy atom. The van der Waals surface area contributed by atoms with Gasteiger partial charge in [-0.1, -0.05) is 77.9 Å². The van der Waals surface area contributed by atoms with Crippen molar-refractivity contribution in [3.8, 4) is 23.0 Å². The Morgan fingerprint density at radius 2 is 0.964 bits per heavy atom. The number of carbonyl (C=O) groups is 4. The molecule has 0 N–H and O–H groups in total. The van der Waals surface area contributed by atoms with Crippen LogP contribution in [0.4, 0.5) is 5.69 Å². The highest BCUT2D eigenvalue weighted by molar-refractivity contribution is 6.34. The monoisotopic (exact) mass is 748 g/mol. The summed E-state index contributed by atoms with van der Waals surface area (Å²) in [7, 11) is 0. The second kappa shape index (κ2) is 14.9. The number of hydrogen-bond acceptors (Lipinski definition) is 6. The van der Waals surface area contributed by atoms with Crippen LogP contribution in [0.15, 0.2) is 109 Å². The molecule has 8 heteroatoms. The minimum absolute atomic E-state index is 0.257. The Balaban J connectivity index is 1.02. The molecule has 0 spiro atoms. The van der Waals surface area contributed by atoms with Gasteiger partial charge in [0.05, 0.1) is 27.9 Å². The van der Waals surface area contributed by atoms with Gasteiger partial charge in [-0.3, -0.25) is 24.1 Å². The van der Waals surface area contributed by atoms with Gasteiger partial charge >= 0.3 is 0 Å². The van der Waals surface area contributed by atoms with Gasteiger partial charge in [0.25, 0.3) is 23.6 Å². The van der Waals surface area contributed by atoms with Crippen LogP contribution < -0.4 is 14.4 Å². The van der Waals surface area contributed by atoms with Crippen LogP contribution in [0.2, 0.25) is 0 Å². The molecule has 0 saturated heterocycles. The largest absolute Gasteiger partial charge is 0.457 e. The summed E-state index contributed by atoms with van der Waals surface area (Å²) in [6, 6.07) is 33.5. The van der Waals surface area contributed by atoms with E-state index in [1.807, 2.05) is 87.5 Å². The van der Waals surface area contributed by atoms with E-state index in [-0.39, 0.29) is 29.0 Å². The molecule has 0 atom stereocenters. The summed E-state index contributed by atoms with van der Waals surface area (Å²) < 4.78 is 12.3. The Morgan fingerprint density at radius 1 is 0.518 bits per heavy atom. The molecule has 4 amide bonds. The van der Waals surface area contributed by atoms with E-state index in [2.05, 4.69) is 33.8 Å². The normalized spacial score (nSPS) is 14.1. The van der Waals surface area contributed by atoms with Crippen molar-refractivity contribution in [1.82, 2.24) is 4.90 Å². The highest BCUT2D eigenvalue weighted by Crippen LogP contribution is 2.39. The third-order valence-corrected chi connectivity index (χ3v) is 12.0. The summed E-state index contributed by atoms with van der Waals surface area (Å²) in [5, 5.41) is 0. The van der Waals surface area contributed by atoms with E-state index in [1.165, 1.54) is 9.80 Å². The molecule has 0 radical (unpaired) electrons. The van der Waals surface area contributed by atoms with Crippen molar-refractivity contribution in [2.45, 2.75) is 91.0 Å². The average Bonchev–Trinajstić information content (AvgIpc) is 3.61. The smallest absolute Gasteiger partial charge is 0.266 e. The molecule has 0 saturated carbocycles. The lowest BCUT2D eigenvalue weighted by Gasteiger charge is -2.35. The Bertz CT molecular complexity index is 2340. The summed E-state index contributed by atoms with van der Waals surface area (Å²) in [5.74, 6) is 1.31.